The zero-order valence-corrected chi connectivity index (χ0v) is 17.1. The van der Waals surface area contributed by atoms with E-state index < -0.39 is 0 Å². The summed E-state index contributed by atoms with van der Waals surface area (Å²) in [6.07, 6.45) is 2.97. The summed E-state index contributed by atoms with van der Waals surface area (Å²) in [5, 5.41) is 7.82. The molecule has 0 saturated carbocycles. The van der Waals surface area contributed by atoms with E-state index in [-0.39, 0.29) is 6.04 Å². The second-order valence-electron chi connectivity index (χ2n) is 6.14. The van der Waals surface area contributed by atoms with Crippen molar-refractivity contribution in [2.75, 3.05) is 34.8 Å². The number of benzene rings is 1. The number of thiazole rings is 1. The Balaban J connectivity index is 1.95. The maximum absolute atomic E-state index is 5.35. The molecule has 26 heavy (non-hydrogen) atoms. The molecule has 6 nitrogen and oxygen atoms in total. The van der Waals surface area contributed by atoms with Gasteiger partial charge in [-0.3, -0.25) is 4.99 Å². The molecule has 0 radical (unpaired) electrons. The summed E-state index contributed by atoms with van der Waals surface area (Å²) in [6.45, 7) is 3.55. The van der Waals surface area contributed by atoms with Crippen LogP contribution < -0.4 is 15.4 Å². The number of hydrogen-bond donors (Lipinski definition) is 2. The number of aromatic nitrogens is 1. The lowest BCUT2D eigenvalue weighted by atomic mass is 10.1. The number of aryl methyl sites for hydroxylation is 1. The fourth-order valence-electron chi connectivity index (χ4n) is 2.61. The summed E-state index contributed by atoms with van der Waals surface area (Å²) in [7, 11) is 7.62. The first-order valence-electron chi connectivity index (χ1n) is 8.75. The van der Waals surface area contributed by atoms with Gasteiger partial charge in [0.25, 0.3) is 0 Å². The second-order valence-corrected chi connectivity index (χ2v) is 7.34. The maximum atomic E-state index is 5.35. The van der Waals surface area contributed by atoms with Crippen molar-refractivity contribution in [2.45, 2.75) is 25.9 Å². The van der Waals surface area contributed by atoms with Crippen LogP contribution >= 0.6 is 11.3 Å². The lowest BCUT2D eigenvalue weighted by Gasteiger charge is -2.26. The highest BCUT2D eigenvalue weighted by atomic mass is 32.1. The Morgan fingerprint density at radius 1 is 1.35 bits per heavy atom. The highest BCUT2D eigenvalue weighted by molar-refractivity contribution is 7.11. The van der Waals surface area contributed by atoms with Gasteiger partial charge in [0.1, 0.15) is 10.8 Å². The standard InChI is InChI=1S/C19H29N5OS/c1-6-16-11-21-18(26-16)13-23-19(20-2)22-12-17(24(3)4)14-8-7-9-15(10-14)25-5/h7-11,17H,6,12-13H2,1-5H3,(H2,20,22,23). The quantitative estimate of drug-likeness (QED) is 0.549. The number of nitrogens with one attached hydrogen (secondary N) is 2. The van der Waals surface area contributed by atoms with Crippen LogP contribution in [0.15, 0.2) is 35.5 Å². The zero-order valence-electron chi connectivity index (χ0n) is 16.2. The zero-order chi connectivity index (χ0) is 18.9. The van der Waals surface area contributed by atoms with Crippen LogP contribution in [0.4, 0.5) is 0 Å². The predicted molar refractivity (Wildman–Crippen MR) is 109 cm³/mol. The van der Waals surface area contributed by atoms with Crippen molar-refractivity contribution in [3.63, 3.8) is 0 Å². The van der Waals surface area contributed by atoms with Crippen molar-refractivity contribution >= 4 is 17.3 Å². The predicted octanol–water partition coefficient (Wildman–Crippen LogP) is 2.68. The van der Waals surface area contributed by atoms with Gasteiger partial charge in [-0.15, -0.1) is 11.3 Å². The van der Waals surface area contributed by atoms with Gasteiger partial charge in [0.05, 0.1) is 19.7 Å². The average Bonchev–Trinajstić information content (AvgIpc) is 3.12. The van der Waals surface area contributed by atoms with Gasteiger partial charge in [0.15, 0.2) is 5.96 Å². The van der Waals surface area contributed by atoms with Crippen LogP contribution in [0.2, 0.25) is 0 Å². The van der Waals surface area contributed by atoms with Crippen molar-refractivity contribution in [3.05, 3.63) is 45.9 Å². The van der Waals surface area contributed by atoms with Gasteiger partial charge in [-0.25, -0.2) is 4.98 Å². The molecule has 2 N–H and O–H groups in total. The van der Waals surface area contributed by atoms with E-state index in [1.54, 1.807) is 25.5 Å². The smallest absolute Gasteiger partial charge is 0.191 e. The fraction of sp³-hybridized carbons (Fsp3) is 0.474. The first-order valence-corrected chi connectivity index (χ1v) is 9.57. The van der Waals surface area contributed by atoms with Gasteiger partial charge >= 0.3 is 0 Å². The molecule has 7 heteroatoms. The number of methoxy groups -OCH3 is 1. The number of nitrogens with zero attached hydrogens (tertiary/aromatic N) is 3. The SMILES string of the molecule is CCc1cnc(CNC(=NC)NCC(c2cccc(OC)c2)N(C)C)s1. The normalized spacial score (nSPS) is 12.9. The molecule has 2 aromatic rings. The van der Waals surface area contributed by atoms with Gasteiger partial charge in [0.2, 0.25) is 0 Å². The molecule has 1 unspecified atom stereocenters. The molecule has 2 rings (SSSR count). The molecule has 1 atom stereocenters. The molecule has 0 saturated heterocycles. The van der Waals surface area contributed by atoms with Gasteiger partial charge in [0, 0.05) is 24.7 Å². The third kappa shape index (κ3) is 5.71. The molecule has 1 aromatic carbocycles. The lowest BCUT2D eigenvalue weighted by Crippen LogP contribution is -2.41. The van der Waals surface area contributed by atoms with Crippen LogP contribution in [0.5, 0.6) is 5.75 Å². The Labute approximate surface area is 160 Å². The van der Waals surface area contributed by atoms with Crippen LogP contribution in [0.1, 0.15) is 28.4 Å². The Bertz CT molecular complexity index is 713. The summed E-state index contributed by atoms with van der Waals surface area (Å²) in [4.78, 5) is 12.2. The van der Waals surface area contributed by atoms with Crippen molar-refractivity contribution in [1.82, 2.24) is 20.5 Å². The van der Waals surface area contributed by atoms with Gasteiger partial charge in [-0.05, 0) is 38.2 Å². The summed E-state index contributed by atoms with van der Waals surface area (Å²) in [6, 6.07) is 8.38. The van der Waals surface area contributed by atoms with Crippen LogP contribution in [0.3, 0.4) is 0 Å². The minimum atomic E-state index is 0.204. The summed E-state index contributed by atoms with van der Waals surface area (Å²) in [5.74, 6) is 1.64. The highest BCUT2D eigenvalue weighted by Gasteiger charge is 2.15. The van der Waals surface area contributed by atoms with Gasteiger partial charge < -0.3 is 20.3 Å². The molecule has 0 fully saturated rings. The largest absolute Gasteiger partial charge is 0.497 e. The van der Waals surface area contributed by atoms with E-state index in [2.05, 4.69) is 58.7 Å². The third-order valence-electron chi connectivity index (χ3n) is 4.15. The molecule has 0 spiro atoms. The topological polar surface area (TPSA) is 61.8 Å². The first-order chi connectivity index (χ1) is 12.6. The number of rotatable bonds is 8. The second kappa shape index (κ2) is 10.1. The van der Waals surface area contributed by atoms with Crippen molar-refractivity contribution in [3.8, 4) is 5.75 Å². The summed E-state index contributed by atoms with van der Waals surface area (Å²) in [5.41, 5.74) is 1.20. The molecule has 0 aliphatic heterocycles. The van der Waals surface area contributed by atoms with Crippen molar-refractivity contribution in [1.29, 1.82) is 0 Å². The number of likely N-dealkylation sites (N-methyl/N-ethyl adjacent to an activating group) is 1. The number of guanidine groups is 1. The van der Waals surface area contributed by atoms with Crippen molar-refractivity contribution in [2.24, 2.45) is 4.99 Å². The Morgan fingerprint density at radius 3 is 2.77 bits per heavy atom. The van der Waals surface area contributed by atoms with E-state index in [4.69, 9.17) is 4.74 Å². The molecule has 0 aliphatic carbocycles. The molecule has 0 amide bonds. The number of ether oxygens (including phenoxy) is 1. The monoisotopic (exact) mass is 375 g/mol. The highest BCUT2D eigenvalue weighted by Crippen LogP contribution is 2.22. The van der Waals surface area contributed by atoms with E-state index in [1.165, 1.54) is 10.4 Å². The van der Waals surface area contributed by atoms with Crippen LogP contribution in [-0.2, 0) is 13.0 Å². The molecule has 1 aromatic heterocycles. The Hall–Kier alpha value is -2.12. The molecule has 0 bridgehead atoms. The molecular formula is C19H29N5OS. The molecule has 1 heterocycles. The van der Waals surface area contributed by atoms with E-state index in [0.717, 1.165) is 29.7 Å². The average molecular weight is 376 g/mol. The Morgan fingerprint density at radius 2 is 2.15 bits per heavy atom. The van der Waals surface area contributed by atoms with Gasteiger partial charge in [-0.2, -0.15) is 0 Å². The molecular weight excluding hydrogens is 346 g/mol. The number of hydrogen-bond acceptors (Lipinski definition) is 5. The Kier molecular flexibility index (Phi) is 7.87. The van der Waals surface area contributed by atoms with E-state index in [9.17, 15) is 0 Å². The van der Waals surface area contributed by atoms with Gasteiger partial charge in [-0.1, -0.05) is 19.1 Å². The van der Waals surface area contributed by atoms with Crippen LogP contribution in [-0.4, -0.2) is 50.6 Å². The first kappa shape index (κ1) is 20.2. The van der Waals surface area contributed by atoms with Crippen LogP contribution in [0.25, 0.3) is 0 Å². The minimum absolute atomic E-state index is 0.204. The minimum Gasteiger partial charge on any atom is -0.497 e. The van der Waals surface area contributed by atoms with Crippen molar-refractivity contribution < 1.29 is 4.74 Å². The lowest BCUT2D eigenvalue weighted by molar-refractivity contribution is 0.297. The maximum Gasteiger partial charge on any atom is 0.191 e. The fourth-order valence-corrected chi connectivity index (χ4v) is 3.42. The third-order valence-corrected chi connectivity index (χ3v) is 5.29. The van der Waals surface area contributed by atoms with E-state index in [1.807, 2.05) is 18.3 Å². The van der Waals surface area contributed by atoms with E-state index in [0.29, 0.717) is 6.54 Å². The molecule has 0 aliphatic rings. The summed E-state index contributed by atoms with van der Waals surface area (Å²) >= 11 is 1.74. The molecule has 142 valence electrons. The summed E-state index contributed by atoms with van der Waals surface area (Å²) < 4.78 is 5.35. The number of aliphatic imine (C=N–C) groups is 1. The van der Waals surface area contributed by atoms with E-state index >= 15 is 0 Å². The van der Waals surface area contributed by atoms with Crippen LogP contribution in [0, 0.1) is 0 Å².